The number of aromatic nitrogens is 5. The third-order valence-electron chi connectivity index (χ3n) is 4.75. The maximum absolute atomic E-state index is 4.60. The number of nitrogens with zero attached hydrogens (tertiary/aromatic N) is 5. The molecule has 0 radical (unpaired) electrons. The van der Waals surface area contributed by atoms with Crippen LogP contribution in [-0.4, -0.2) is 42.9 Å². The van der Waals surface area contributed by atoms with E-state index in [0.29, 0.717) is 5.92 Å². The summed E-state index contributed by atoms with van der Waals surface area (Å²) in [6.45, 7) is 5.31. The number of thiazole rings is 1. The van der Waals surface area contributed by atoms with Crippen LogP contribution in [0, 0.1) is 12.8 Å². The lowest BCUT2D eigenvalue weighted by Gasteiger charge is -2.31. The van der Waals surface area contributed by atoms with Crippen LogP contribution in [0.15, 0.2) is 30.3 Å². The molecule has 0 spiro atoms. The van der Waals surface area contributed by atoms with E-state index >= 15 is 0 Å². The molecule has 1 aliphatic heterocycles. The molecular weight excluding hydrogens is 332 g/mol. The van der Waals surface area contributed by atoms with E-state index in [1.165, 1.54) is 17.7 Å². The number of likely N-dealkylation sites (tertiary alicyclic amines) is 1. The molecule has 6 nitrogen and oxygen atoms in total. The maximum Gasteiger partial charge on any atom is 0.158 e. The van der Waals surface area contributed by atoms with Gasteiger partial charge in [0.1, 0.15) is 5.69 Å². The first kappa shape index (κ1) is 16.4. The van der Waals surface area contributed by atoms with Gasteiger partial charge in [-0.2, -0.15) is 0 Å². The fraction of sp³-hybridized carbons (Fsp3) is 0.444. The first-order valence-corrected chi connectivity index (χ1v) is 9.57. The number of nitrogens with one attached hydrogen (secondary N) is 1. The summed E-state index contributed by atoms with van der Waals surface area (Å²) in [6, 6.07) is 0. The molecule has 4 heterocycles. The fourth-order valence-corrected chi connectivity index (χ4v) is 4.05. The van der Waals surface area contributed by atoms with Crippen molar-refractivity contribution in [3.8, 4) is 11.5 Å². The average Bonchev–Trinajstić information content (AvgIpc) is 3.29. The van der Waals surface area contributed by atoms with Crippen LogP contribution in [0.4, 0.5) is 0 Å². The molecule has 3 aromatic heterocycles. The van der Waals surface area contributed by atoms with Crippen molar-refractivity contribution in [2.75, 3.05) is 13.1 Å². The van der Waals surface area contributed by atoms with Crippen molar-refractivity contribution < 1.29 is 0 Å². The molecule has 25 heavy (non-hydrogen) atoms. The molecule has 0 amide bonds. The van der Waals surface area contributed by atoms with Crippen LogP contribution in [0.2, 0.25) is 0 Å². The molecule has 0 aliphatic carbocycles. The SMILES string of the molecule is Cc1cnc(-c2nccnc2CC2CCN(Cc3cncs3)CC2)[nH]1. The Morgan fingerprint density at radius 1 is 1.16 bits per heavy atom. The molecule has 0 atom stereocenters. The van der Waals surface area contributed by atoms with Crippen LogP contribution in [0.3, 0.4) is 0 Å². The first-order valence-electron chi connectivity index (χ1n) is 8.69. The standard InChI is InChI=1S/C18H22N6S/c1-13-9-22-18(23-13)17-16(20-4-5-21-17)8-14-2-6-24(7-3-14)11-15-10-19-12-25-15/h4-5,9-10,12,14H,2-3,6-8,11H2,1H3,(H,22,23). The molecule has 4 rings (SSSR count). The maximum atomic E-state index is 4.60. The number of hydrogen-bond donors (Lipinski definition) is 1. The molecule has 3 aromatic rings. The quantitative estimate of drug-likeness (QED) is 0.762. The predicted octanol–water partition coefficient (Wildman–Crippen LogP) is 3.09. The Hall–Kier alpha value is -2.12. The number of hydrogen-bond acceptors (Lipinski definition) is 6. The van der Waals surface area contributed by atoms with E-state index in [1.54, 1.807) is 23.7 Å². The monoisotopic (exact) mass is 354 g/mol. The van der Waals surface area contributed by atoms with Gasteiger partial charge in [-0.3, -0.25) is 14.9 Å². The summed E-state index contributed by atoms with van der Waals surface area (Å²) in [5.74, 6) is 1.48. The number of H-pyrrole nitrogens is 1. The van der Waals surface area contributed by atoms with E-state index in [0.717, 1.165) is 49.0 Å². The van der Waals surface area contributed by atoms with E-state index in [2.05, 4.69) is 29.8 Å². The smallest absolute Gasteiger partial charge is 0.158 e. The minimum absolute atomic E-state index is 0.657. The Morgan fingerprint density at radius 3 is 2.72 bits per heavy atom. The van der Waals surface area contributed by atoms with Crippen molar-refractivity contribution in [3.05, 3.63) is 46.6 Å². The van der Waals surface area contributed by atoms with Gasteiger partial charge in [-0.05, 0) is 45.2 Å². The predicted molar refractivity (Wildman–Crippen MR) is 98.2 cm³/mol. The Balaban J connectivity index is 1.39. The summed E-state index contributed by atoms with van der Waals surface area (Å²) in [5, 5.41) is 0. The summed E-state index contributed by atoms with van der Waals surface area (Å²) in [5.41, 5.74) is 4.90. The van der Waals surface area contributed by atoms with Gasteiger partial charge in [0.05, 0.1) is 11.2 Å². The molecule has 0 saturated carbocycles. The van der Waals surface area contributed by atoms with Crippen LogP contribution in [0.25, 0.3) is 11.5 Å². The van der Waals surface area contributed by atoms with Gasteiger partial charge in [-0.15, -0.1) is 11.3 Å². The lowest BCUT2D eigenvalue weighted by atomic mass is 9.91. The Bertz CT molecular complexity index is 805. The van der Waals surface area contributed by atoms with E-state index in [9.17, 15) is 0 Å². The number of aryl methyl sites for hydroxylation is 1. The molecule has 0 bridgehead atoms. The fourth-order valence-electron chi connectivity index (χ4n) is 3.41. The molecule has 1 N–H and O–H groups in total. The zero-order chi connectivity index (χ0) is 17.1. The lowest BCUT2D eigenvalue weighted by Crippen LogP contribution is -2.33. The first-order chi connectivity index (χ1) is 12.3. The summed E-state index contributed by atoms with van der Waals surface area (Å²) < 4.78 is 0. The van der Waals surface area contributed by atoms with Crippen LogP contribution in [-0.2, 0) is 13.0 Å². The Morgan fingerprint density at radius 2 is 2.00 bits per heavy atom. The molecular formula is C18H22N6S. The molecule has 1 fully saturated rings. The second kappa shape index (κ2) is 7.41. The van der Waals surface area contributed by atoms with Crippen LogP contribution in [0.1, 0.15) is 29.1 Å². The highest BCUT2D eigenvalue weighted by molar-refractivity contribution is 7.09. The van der Waals surface area contributed by atoms with Gasteiger partial charge >= 0.3 is 0 Å². The van der Waals surface area contributed by atoms with Crippen molar-refractivity contribution in [1.82, 2.24) is 29.8 Å². The number of rotatable bonds is 5. The van der Waals surface area contributed by atoms with Crippen molar-refractivity contribution in [2.24, 2.45) is 5.92 Å². The van der Waals surface area contributed by atoms with Gasteiger partial charge < -0.3 is 4.98 Å². The summed E-state index contributed by atoms with van der Waals surface area (Å²) in [6.07, 6.45) is 10.7. The molecule has 0 aromatic carbocycles. The third-order valence-corrected chi connectivity index (χ3v) is 5.52. The van der Waals surface area contributed by atoms with Gasteiger partial charge in [0.15, 0.2) is 5.82 Å². The second-order valence-corrected chi connectivity index (χ2v) is 7.63. The minimum Gasteiger partial charge on any atom is -0.341 e. The molecule has 1 aliphatic rings. The highest BCUT2D eigenvalue weighted by Crippen LogP contribution is 2.26. The second-order valence-electron chi connectivity index (χ2n) is 6.66. The van der Waals surface area contributed by atoms with Crippen molar-refractivity contribution >= 4 is 11.3 Å². The van der Waals surface area contributed by atoms with Crippen LogP contribution < -0.4 is 0 Å². The highest BCUT2D eigenvalue weighted by Gasteiger charge is 2.22. The molecule has 0 unspecified atom stereocenters. The van der Waals surface area contributed by atoms with Gasteiger partial charge in [0.25, 0.3) is 0 Å². The minimum atomic E-state index is 0.657. The van der Waals surface area contributed by atoms with Gasteiger partial charge in [-0.25, -0.2) is 9.97 Å². The van der Waals surface area contributed by atoms with Crippen molar-refractivity contribution in [2.45, 2.75) is 32.7 Å². The molecule has 130 valence electrons. The summed E-state index contributed by atoms with van der Waals surface area (Å²) >= 11 is 1.74. The summed E-state index contributed by atoms with van der Waals surface area (Å²) in [4.78, 5) is 24.9. The van der Waals surface area contributed by atoms with Crippen LogP contribution >= 0.6 is 11.3 Å². The third kappa shape index (κ3) is 3.93. The zero-order valence-electron chi connectivity index (χ0n) is 14.4. The van der Waals surface area contributed by atoms with E-state index in [-0.39, 0.29) is 0 Å². The van der Waals surface area contributed by atoms with E-state index < -0.39 is 0 Å². The summed E-state index contributed by atoms with van der Waals surface area (Å²) in [7, 11) is 0. The highest BCUT2D eigenvalue weighted by atomic mass is 32.1. The van der Waals surface area contributed by atoms with Gasteiger partial charge in [0.2, 0.25) is 0 Å². The topological polar surface area (TPSA) is 70.6 Å². The molecule has 1 saturated heterocycles. The normalized spacial score (nSPS) is 16.4. The van der Waals surface area contributed by atoms with E-state index in [1.807, 2.05) is 24.8 Å². The molecule has 7 heteroatoms. The number of imidazole rings is 1. The number of piperidine rings is 1. The van der Waals surface area contributed by atoms with Crippen molar-refractivity contribution in [3.63, 3.8) is 0 Å². The van der Waals surface area contributed by atoms with Gasteiger partial charge in [-0.1, -0.05) is 0 Å². The average molecular weight is 354 g/mol. The number of aromatic amines is 1. The lowest BCUT2D eigenvalue weighted by molar-refractivity contribution is 0.178. The van der Waals surface area contributed by atoms with Crippen molar-refractivity contribution in [1.29, 1.82) is 0 Å². The van der Waals surface area contributed by atoms with E-state index in [4.69, 9.17) is 0 Å². The Labute approximate surface area is 151 Å². The zero-order valence-corrected chi connectivity index (χ0v) is 15.2. The van der Waals surface area contributed by atoms with Gasteiger partial charge in [0, 0.05) is 41.9 Å². The largest absolute Gasteiger partial charge is 0.341 e. The van der Waals surface area contributed by atoms with Crippen LogP contribution in [0.5, 0.6) is 0 Å². The Kier molecular flexibility index (Phi) is 4.85.